The van der Waals surface area contributed by atoms with Crippen LogP contribution >= 0.6 is 0 Å². The quantitative estimate of drug-likeness (QED) is 0.341. The molecule has 0 radical (unpaired) electrons. The number of hydrogen-bond acceptors (Lipinski definition) is 4. The van der Waals surface area contributed by atoms with Crippen molar-refractivity contribution in [2.45, 2.75) is 18.9 Å². The summed E-state index contributed by atoms with van der Waals surface area (Å²) in [4.78, 5) is 12.8. The lowest BCUT2D eigenvalue weighted by atomic mass is 9.86. The SMILES string of the molecule is COc1c2c(cc3c1C(CC(=O)/C=C/c1ccccc1)[N+](C)(C)CC3)OCO2.[I-]. The van der Waals surface area contributed by atoms with Crippen LogP contribution in [0.2, 0.25) is 0 Å². The van der Waals surface area contributed by atoms with Gasteiger partial charge in [0.25, 0.3) is 0 Å². The van der Waals surface area contributed by atoms with Crippen molar-refractivity contribution in [2.75, 3.05) is 34.5 Å². The van der Waals surface area contributed by atoms with Gasteiger partial charge >= 0.3 is 0 Å². The summed E-state index contributed by atoms with van der Waals surface area (Å²) < 4.78 is 17.7. The smallest absolute Gasteiger partial charge is 0.231 e. The van der Waals surface area contributed by atoms with Gasteiger partial charge in [-0.3, -0.25) is 4.79 Å². The minimum Gasteiger partial charge on any atom is -1.00 e. The van der Waals surface area contributed by atoms with Gasteiger partial charge in [-0.2, -0.15) is 0 Å². The van der Waals surface area contributed by atoms with Gasteiger partial charge in [0, 0.05) is 6.42 Å². The molecule has 2 heterocycles. The van der Waals surface area contributed by atoms with Crippen LogP contribution in [0.5, 0.6) is 17.2 Å². The standard InChI is InChI=1S/C23H26NO4.HI/c1-24(2)12-11-17-13-20-22(28-15-27-20)23(26-3)21(17)19(24)14-18(25)10-9-16-7-5-4-6-8-16;/h4-10,13,19H,11-12,14-15H2,1-3H3;1H/q+1;/p-1/b10-9+;. The average Bonchev–Trinajstić information content (AvgIpc) is 3.16. The van der Waals surface area contributed by atoms with E-state index in [0.717, 1.165) is 34.3 Å². The molecule has 2 aromatic rings. The Hall–Kier alpha value is -2.06. The molecule has 2 aromatic carbocycles. The topological polar surface area (TPSA) is 44.8 Å². The Labute approximate surface area is 188 Å². The van der Waals surface area contributed by atoms with E-state index in [1.54, 1.807) is 13.2 Å². The van der Waals surface area contributed by atoms with Crippen molar-refractivity contribution in [3.63, 3.8) is 0 Å². The van der Waals surface area contributed by atoms with Crippen LogP contribution in [0.25, 0.3) is 6.08 Å². The lowest BCUT2D eigenvalue weighted by molar-refractivity contribution is -0.922. The molecule has 0 bridgehead atoms. The van der Waals surface area contributed by atoms with Gasteiger partial charge in [-0.05, 0) is 23.3 Å². The first-order valence-electron chi connectivity index (χ1n) is 9.57. The van der Waals surface area contributed by atoms with Gasteiger partial charge in [0.1, 0.15) is 6.04 Å². The number of likely N-dealkylation sites (N-methyl/N-ethyl adjacent to an activating group) is 1. The molecule has 0 spiro atoms. The number of nitrogens with zero attached hydrogens (tertiary/aromatic N) is 1. The summed E-state index contributed by atoms with van der Waals surface area (Å²) in [5, 5.41) is 0. The van der Waals surface area contributed by atoms with Crippen LogP contribution in [0.4, 0.5) is 0 Å². The number of ketones is 1. The number of carbonyl (C=O) groups is 1. The third-order valence-electron chi connectivity index (χ3n) is 5.74. The number of fused-ring (bicyclic) bond motifs is 2. The largest absolute Gasteiger partial charge is 1.00 e. The highest BCUT2D eigenvalue weighted by molar-refractivity contribution is 5.94. The van der Waals surface area contributed by atoms with E-state index in [9.17, 15) is 4.79 Å². The third-order valence-corrected chi connectivity index (χ3v) is 5.74. The molecule has 2 aliphatic rings. The first-order valence-corrected chi connectivity index (χ1v) is 9.57. The minimum atomic E-state index is 0. The average molecular weight is 507 g/mol. The molecule has 0 aliphatic carbocycles. The monoisotopic (exact) mass is 507 g/mol. The van der Waals surface area contributed by atoms with Gasteiger partial charge in [0.2, 0.25) is 12.5 Å². The Kier molecular flexibility index (Phi) is 6.53. The Balaban J connectivity index is 0.00000240. The maximum Gasteiger partial charge on any atom is 0.231 e. The normalized spacial score (nSPS) is 18.8. The molecule has 0 amide bonds. The lowest BCUT2D eigenvalue weighted by Crippen LogP contribution is -3.00. The molecule has 6 heteroatoms. The number of quaternary nitrogens is 1. The van der Waals surface area contributed by atoms with Crippen LogP contribution in [-0.2, 0) is 11.2 Å². The van der Waals surface area contributed by atoms with Gasteiger partial charge in [0.15, 0.2) is 17.3 Å². The zero-order valence-electron chi connectivity index (χ0n) is 17.0. The van der Waals surface area contributed by atoms with Gasteiger partial charge in [-0.1, -0.05) is 36.4 Å². The predicted molar refractivity (Wildman–Crippen MR) is 108 cm³/mol. The van der Waals surface area contributed by atoms with Crippen LogP contribution < -0.4 is 38.2 Å². The Morgan fingerprint density at radius 3 is 2.72 bits per heavy atom. The Bertz CT molecular complexity index is 924. The van der Waals surface area contributed by atoms with Crippen molar-refractivity contribution < 1.29 is 47.5 Å². The second kappa shape index (κ2) is 8.75. The molecule has 5 nitrogen and oxygen atoms in total. The van der Waals surface area contributed by atoms with Gasteiger partial charge in [0.05, 0.1) is 39.7 Å². The molecule has 1 atom stereocenters. The summed E-state index contributed by atoms with van der Waals surface area (Å²) in [6, 6.07) is 11.9. The van der Waals surface area contributed by atoms with E-state index >= 15 is 0 Å². The number of rotatable bonds is 5. The van der Waals surface area contributed by atoms with Crippen LogP contribution in [0, 0.1) is 0 Å². The summed E-state index contributed by atoms with van der Waals surface area (Å²) in [6.07, 6.45) is 4.89. The first kappa shape index (κ1) is 21.6. The number of methoxy groups -OCH3 is 1. The fraction of sp³-hybridized carbons (Fsp3) is 0.348. The van der Waals surface area contributed by atoms with Crippen molar-refractivity contribution in [1.29, 1.82) is 0 Å². The summed E-state index contributed by atoms with van der Waals surface area (Å²) >= 11 is 0. The molecule has 0 fully saturated rings. The highest BCUT2D eigenvalue weighted by Crippen LogP contribution is 2.51. The molecule has 4 rings (SSSR count). The third kappa shape index (κ3) is 4.28. The summed E-state index contributed by atoms with van der Waals surface area (Å²) in [7, 11) is 6.00. The number of allylic oxidation sites excluding steroid dienone is 1. The second-order valence-electron chi connectivity index (χ2n) is 7.90. The maximum absolute atomic E-state index is 12.8. The van der Waals surface area contributed by atoms with E-state index in [1.165, 1.54) is 5.56 Å². The van der Waals surface area contributed by atoms with Crippen LogP contribution in [-0.4, -0.2) is 44.8 Å². The molecule has 1 unspecified atom stereocenters. The van der Waals surface area contributed by atoms with E-state index in [1.807, 2.05) is 36.4 Å². The van der Waals surface area contributed by atoms with Crippen molar-refractivity contribution >= 4 is 11.9 Å². The number of ether oxygens (including phenoxy) is 3. The molecular formula is C23H26INO4. The fourth-order valence-corrected chi connectivity index (χ4v) is 4.13. The zero-order valence-corrected chi connectivity index (χ0v) is 19.1. The zero-order chi connectivity index (χ0) is 19.7. The summed E-state index contributed by atoms with van der Waals surface area (Å²) in [5.41, 5.74) is 3.28. The van der Waals surface area contributed by atoms with Gasteiger partial charge in [-0.15, -0.1) is 0 Å². The van der Waals surface area contributed by atoms with E-state index in [4.69, 9.17) is 14.2 Å². The maximum atomic E-state index is 12.8. The molecule has 0 saturated heterocycles. The van der Waals surface area contributed by atoms with E-state index in [0.29, 0.717) is 17.9 Å². The number of carbonyl (C=O) groups excluding carboxylic acids is 1. The Morgan fingerprint density at radius 1 is 1.24 bits per heavy atom. The van der Waals surface area contributed by atoms with Crippen molar-refractivity contribution in [3.8, 4) is 17.2 Å². The van der Waals surface area contributed by atoms with E-state index < -0.39 is 0 Å². The molecular weight excluding hydrogens is 481 g/mol. The molecule has 0 saturated carbocycles. The van der Waals surface area contributed by atoms with Gasteiger partial charge in [-0.25, -0.2) is 0 Å². The fourth-order valence-electron chi connectivity index (χ4n) is 4.13. The lowest BCUT2D eigenvalue weighted by Gasteiger charge is -2.43. The van der Waals surface area contributed by atoms with Crippen LogP contribution in [0.3, 0.4) is 0 Å². The number of halogens is 1. The Morgan fingerprint density at radius 2 is 2.00 bits per heavy atom. The molecule has 2 aliphatic heterocycles. The second-order valence-corrected chi connectivity index (χ2v) is 7.90. The number of benzene rings is 2. The summed E-state index contributed by atoms with van der Waals surface area (Å²) in [6.45, 7) is 1.16. The minimum absolute atomic E-state index is 0. The van der Waals surface area contributed by atoms with Crippen molar-refractivity contribution in [2.24, 2.45) is 0 Å². The molecule has 154 valence electrons. The van der Waals surface area contributed by atoms with Crippen molar-refractivity contribution in [3.05, 3.63) is 59.2 Å². The van der Waals surface area contributed by atoms with E-state index in [-0.39, 0.29) is 42.6 Å². The predicted octanol–water partition coefficient (Wildman–Crippen LogP) is 0.774. The highest BCUT2D eigenvalue weighted by atomic mass is 127. The molecule has 29 heavy (non-hydrogen) atoms. The van der Waals surface area contributed by atoms with Crippen LogP contribution in [0.15, 0.2) is 42.5 Å². The van der Waals surface area contributed by atoms with Crippen molar-refractivity contribution in [1.82, 2.24) is 0 Å². The van der Waals surface area contributed by atoms with E-state index in [2.05, 4.69) is 20.2 Å². The molecule has 0 aromatic heterocycles. The van der Waals surface area contributed by atoms with Gasteiger partial charge < -0.3 is 42.7 Å². The molecule has 0 N–H and O–H groups in total. The van der Waals surface area contributed by atoms with Crippen LogP contribution in [0.1, 0.15) is 29.2 Å². The first-order chi connectivity index (χ1) is 13.5. The number of hydrogen-bond donors (Lipinski definition) is 0. The summed E-state index contributed by atoms with van der Waals surface area (Å²) in [5.74, 6) is 2.20. The highest BCUT2D eigenvalue weighted by Gasteiger charge is 2.41.